The quantitative estimate of drug-likeness (QED) is 0.364. The molecule has 0 unspecified atom stereocenters. The van der Waals surface area contributed by atoms with Crippen molar-refractivity contribution < 1.29 is 41.5 Å². The van der Waals surface area contributed by atoms with E-state index in [1.807, 2.05) is 0 Å². The van der Waals surface area contributed by atoms with E-state index in [-0.39, 0.29) is 25.9 Å². The van der Waals surface area contributed by atoms with Crippen LogP contribution in [-0.4, -0.2) is 82.3 Å². The molecule has 11 nitrogen and oxygen atoms in total. The summed E-state index contributed by atoms with van der Waals surface area (Å²) < 4.78 is 55.2. The van der Waals surface area contributed by atoms with Crippen LogP contribution in [0.5, 0.6) is 5.75 Å². The fourth-order valence-electron chi connectivity index (χ4n) is 5.06. The summed E-state index contributed by atoms with van der Waals surface area (Å²) in [4.78, 5) is 55.4. The Hall–Kier alpha value is -4.69. The number of hydrogen-bond acceptors (Lipinski definition) is 6. The van der Waals surface area contributed by atoms with E-state index in [4.69, 9.17) is 0 Å². The van der Waals surface area contributed by atoms with Gasteiger partial charge in [-0.3, -0.25) is 29.3 Å². The predicted octanol–water partition coefficient (Wildman–Crippen LogP) is 2.79. The van der Waals surface area contributed by atoms with Gasteiger partial charge in [-0.15, -0.1) is 13.2 Å². The maximum atomic E-state index is 14.1. The second-order valence-corrected chi connectivity index (χ2v) is 9.41. The number of carbonyl (C=O) groups is 4. The van der Waals surface area contributed by atoms with Gasteiger partial charge in [0.15, 0.2) is 0 Å². The number of urea groups is 1. The lowest BCUT2D eigenvalue weighted by Gasteiger charge is -2.42. The number of hydrogen-bond donors (Lipinski definition) is 2. The van der Waals surface area contributed by atoms with Gasteiger partial charge >= 0.3 is 12.4 Å². The molecule has 2 aliphatic rings. The van der Waals surface area contributed by atoms with Crippen molar-refractivity contribution in [3.05, 3.63) is 54.0 Å². The molecule has 3 aromatic rings. The molecule has 5 amide bonds. The average molecular weight is 562 g/mol. The summed E-state index contributed by atoms with van der Waals surface area (Å²) in [6, 6.07) is 6.64. The number of fused-ring (bicyclic) bond motifs is 1. The molecule has 0 atom stereocenters. The smallest absolute Gasteiger partial charge is 0.406 e. The lowest BCUT2D eigenvalue weighted by molar-refractivity contribution is -0.274. The van der Waals surface area contributed by atoms with Crippen molar-refractivity contribution in [1.82, 2.24) is 25.3 Å². The van der Waals surface area contributed by atoms with E-state index in [0.29, 0.717) is 17.8 Å². The lowest BCUT2D eigenvalue weighted by atomic mass is 9.85. The van der Waals surface area contributed by atoms with Gasteiger partial charge in [-0.05, 0) is 49.2 Å². The molecule has 0 bridgehead atoms. The molecule has 15 heteroatoms. The number of benzene rings is 2. The maximum Gasteiger partial charge on any atom is 0.573 e. The molecular formula is C25H22F4N6O5. The Labute approximate surface area is 223 Å². The molecule has 2 N–H and O–H groups in total. The molecule has 40 heavy (non-hydrogen) atoms. The van der Waals surface area contributed by atoms with Crippen LogP contribution < -0.4 is 15.0 Å². The molecular weight excluding hydrogens is 540 g/mol. The Morgan fingerprint density at radius 2 is 1.85 bits per heavy atom. The Morgan fingerprint density at radius 1 is 1.12 bits per heavy atom. The molecule has 0 saturated carbocycles. The number of rotatable bonds is 5. The highest BCUT2D eigenvalue weighted by atomic mass is 19.4. The Morgan fingerprint density at radius 3 is 2.55 bits per heavy atom. The first-order valence-corrected chi connectivity index (χ1v) is 12.1. The highest BCUT2D eigenvalue weighted by Gasteiger charge is 2.57. The molecule has 1 spiro atoms. The first-order chi connectivity index (χ1) is 18.9. The van der Waals surface area contributed by atoms with Crippen LogP contribution in [0.4, 0.5) is 28.0 Å². The van der Waals surface area contributed by atoms with Gasteiger partial charge in [0.2, 0.25) is 5.91 Å². The summed E-state index contributed by atoms with van der Waals surface area (Å²) in [7, 11) is 1.39. The van der Waals surface area contributed by atoms with Crippen LogP contribution in [0.2, 0.25) is 0 Å². The SMILES string of the molecule is CN1C(=O)N(c2ccc3[nH]ncc3c2)C2(CCN(C(=O)CNC(=O)c3cc(OC(F)(F)F)ccc3F)CC2)C1=O. The number of ether oxygens (including phenoxy) is 1. The Bertz CT molecular complexity index is 1510. The van der Waals surface area contributed by atoms with Gasteiger partial charge in [-0.2, -0.15) is 5.10 Å². The molecule has 210 valence electrons. The molecule has 2 aliphatic heterocycles. The van der Waals surface area contributed by atoms with E-state index in [9.17, 15) is 36.7 Å². The number of alkyl halides is 3. The van der Waals surface area contributed by atoms with E-state index in [1.54, 1.807) is 24.4 Å². The number of nitrogens with one attached hydrogen (secondary N) is 2. The fraction of sp³-hybridized carbons (Fsp3) is 0.320. The third-order valence-corrected chi connectivity index (χ3v) is 7.05. The van der Waals surface area contributed by atoms with Gasteiger partial charge in [0, 0.05) is 31.2 Å². The second kappa shape index (κ2) is 9.81. The predicted molar refractivity (Wildman–Crippen MR) is 131 cm³/mol. The monoisotopic (exact) mass is 562 g/mol. The van der Waals surface area contributed by atoms with E-state index in [1.165, 1.54) is 16.8 Å². The largest absolute Gasteiger partial charge is 0.573 e. The highest BCUT2D eigenvalue weighted by molar-refractivity contribution is 6.17. The fourth-order valence-corrected chi connectivity index (χ4v) is 5.06. The Balaban J connectivity index is 1.25. The van der Waals surface area contributed by atoms with Crippen LogP contribution in [0, 0.1) is 5.82 Å². The van der Waals surface area contributed by atoms with Crippen LogP contribution in [-0.2, 0) is 9.59 Å². The number of nitrogens with zero attached hydrogens (tertiary/aromatic N) is 4. The molecule has 3 heterocycles. The standard InChI is InChI=1S/C25H22F4N6O5/c1-33-22(38)24(35(23(33)39)15-2-5-19-14(10-15)12-31-32-19)6-8-34(9-7-24)20(36)13-30-21(37)17-11-16(3-4-18(17)26)40-25(27,28)29/h2-5,10-12H,6-9,13H2,1H3,(H,30,37)(H,31,32). The number of piperidine rings is 1. The first-order valence-electron chi connectivity index (χ1n) is 12.1. The molecule has 2 aromatic carbocycles. The van der Waals surface area contributed by atoms with E-state index in [2.05, 4.69) is 20.3 Å². The van der Waals surface area contributed by atoms with Crippen LogP contribution in [0.25, 0.3) is 10.9 Å². The van der Waals surface area contributed by atoms with Gasteiger partial charge in [0.05, 0.1) is 23.8 Å². The van der Waals surface area contributed by atoms with E-state index >= 15 is 0 Å². The molecule has 1 aromatic heterocycles. The van der Waals surface area contributed by atoms with Crippen molar-refractivity contribution in [1.29, 1.82) is 0 Å². The number of aromatic amines is 1. The highest BCUT2D eigenvalue weighted by Crippen LogP contribution is 2.40. The second-order valence-electron chi connectivity index (χ2n) is 9.41. The van der Waals surface area contributed by atoms with Crippen molar-refractivity contribution in [2.45, 2.75) is 24.7 Å². The van der Waals surface area contributed by atoms with Crippen LogP contribution in [0.15, 0.2) is 42.6 Å². The summed E-state index contributed by atoms with van der Waals surface area (Å²) in [5.41, 5.74) is -0.685. The zero-order valence-corrected chi connectivity index (χ0v) is 20.9. The van der Waals surface area contributed by atoms with Gasteiger partial charge in [0.1, 0.15) is 17.1 Å². The molecule has 0 radical (unpaired) electrons. The average Bonchev–Trinajstić information content (AvgIpc) is 3.45. The van der Waals surface area contributed by atoms with Crippen molar-refractivity contribution in [2.24, 2.45) is 0 Å². The summed E-state index contributed by atoms with van der Waals surface area (Å²) in [5.74, 6) is -3.94. The minimum atomic E-state index is -5.03. The van der Waals surface area contributed by atoms with Crippen molar-refractivity contribution in [3.63, 3.8) is 0 Å². The van der Waals surface area contributed by atoms with E-state index in [0.717, 1.165) is 21.9 Å². The number of aromatic nitrogens is 2. The number of likely N-dealkylation sites (tertiary alicyclic amines) is 1. The number of anilines is 1. The number of carbonyl (C=O) groups excluding carboxylic acids is 4. The van der Waals surface area contributed by atoms with Gasteiger partial charge in [-0.1, -0.05) is 0 Å². The number of H-pyrrole nitrogens is 1. The number of halogens is 4. The number of imide groups is 1. The van der Waals surface area contributed by atoms with Crippen LogP contribution >= 0.6 is 0 Å². The minimum Gasteiger partial charge on any atom is -0.406 e. The maximum absolute atomic E-state index is 14.1. The number of likely N-dealkylation sites (N-methyl/N-ethyl adjacent to an activating group) is 1. The zero-order valence-electron chi connectivity index (χ0n) is 20.9. The summed E-state index contributed by atoms with van der Waals surface area (Å²) in [6.07, 6.45) is -3.19. The van der Waals surface area contributed by atoms with Gasteiger partial charge in [0.25, 0.3) is 11.8 Å². The molecule has 5 rings (SSSR count). The van der Waals surface area contributed by atoms with Crippen LogP contribution in [0.3, 0.4) is 0 Å². The lowest BCUT2D eigenvalue weighted by Crippen LogP contribution is -2.58. The minimum absolute atomic E-state index is 0.0787. The molecule has 2 saturated heterocycles. The zero-order chi connectivity index (χ0) is 28.8. The molecule has 0 aliphatic carbocycles. The third-order valence-electron chi connectivity index (χ3n) is 7.05. The van der Waals surface area contributed by atoms with E-state index < -0.39 is 59.3 Å². The van der Waals surface area contributed by atoms with Crippen molar-refractivity contribution in [3.8, 4) is 5.75 Å². The third kappa shape index (κ3) is 4.78. The molecule has 2 fully saturated rings. The van der Waals surface area contributed by atoms with Gasteiger partial charge in [-0.25, -0.2) is 9.18 Å². The summed E-state index contributed by atoms with van der Waals surface area (Å²) in [5, 5.41) is 9.75. The van der Waals surface area contributed by atoms with Crippen LogP contribution in [0.1, 0.15) is 23.2 Å². The van der Waals surface area contributed by atoms with Crippen molar-refractivity contribution >= 4 is 40.3 Å². The van der Waals surface area contributed by atoms with Crippen molar-refractivity contribution in [2.75, 3.05) is 31.6 Å². The summed E-state index contributed by atoms with van der Waals surface area (Å²) >= 11 is 0. The Kier molecular flexibility index (Phi) is 6.59. The topological polar surface area (TPSA) is 128 Å². The normalized spacial score (nSPS) is 17.2. The van der Waals surface area contributed by atoms with Gasteiger partial charge < -0.3 is 15.0 Å². The summed E-state index contributed by atoms with van der Waals surface area (Å²) in [6.45, 7) is -0.409. The first kappa shape index (κ1) is 26.9. The number of amides is 5.